The Bertz CT molecular complexity index is 1610. The molecule has 2 aromatic heterocycles. The number of carbonyl (C=O) groups excluding carboxylic acids is 2. The normalized spacial score (nSPS) is 27.0. The molecule has 1 N–H and O–H groups in total. The number of hydrogen-bond acceptors (Lipinski definition) is 7. The third-order valence-electron chi connectivity index (χ3n) is 12.1. The summed E-state index contributed by atoms with van der Waals surface area (Å²) in [5, 5.41) is 14.1. The summed E-state index contributed by atoms with van der Waals surface area (Å²) in [7, 11) is 0. The minimum absolute atomic E-state index is 0.0334. The average molecular weight is 669 g/mol. The second kappa shape index (κ2) is 13.5. The van der Waals surface area contributed by atoms with Crippen molar-refractivity contribution in [2.75, 3.05) is 24.5 Å². The van der Waals surface area contributed by atoms with E-state index in [9.17, 15) is 14.7 Å². The van der Waals surface area contributed by atoms with Crippen molar-refractivity contribution in [3.8, 4) is 11.3 Å². The Morgan fingerprint density at radius 2 is 1.63 bits per heavy atom. The van der Waals surface area contributed by atoms with E-state index in [1.807, 2.05) is 28.0 Å². The highest BCUT2D eigenvalue weighted by Crippen LogP contribution is 2.58. The van der Waals surface area contributed by atoms with Crippen LogP contribution in [0.4, 0.5) is 10.7 Å². The molecule has 4 saturated carbocycles. The minimum atomic E-state index is -0.459. The van der Waals surface area contributed by atoms with Gasteiger partial charge in [-0.05, 0) is 112 Å². The Kier molecular flexibility index (Phi) is 9.28. The molecule has 5 fully saturated rings. The average Bonchev–Trinajstić information content (AvgIpc) is 3.62. The van der Waals surface area contributed by atoms with Gasteiger partial charge >= 0.3 is 6.09 Å². The maximum atomic E-state index is 14.6. The second-order valence-corrected chi connectivity index (χ2v) is 15.9. The van der Waals surface area contributed by atoms with Crippen molar-refractivity contribution >= 4 is 17.9 Å². The van der Waals surface area contributed by atoms with Gasteiger partial charge in [0.1, 0.15) is 6.10 Å². The van der Waals surface area contributed by atoms with E-state index in [4.69, 9.17) is 14.7 Å². The number of fused-ring (bicyclic) bond motifs is 3. The monoisotopic (exact) mass is 668 g/mol. The first-order valence-electron chi connectivity index (χ1n) is 18.5. The maximum Gasteiger partial charge on any atom is 0.410 e. The summed E-state index contributed by atoms with van der Waals surface area (Å²) in [5.74, 6) is 0.884. The number of hydrogen-bond donors (Lipinski definition) is 1. The summed E-state index contributed by atoms with van der Waals surface area (Å²) in [6.45, 7) is 9.95. The van der Waals surface area contributed by atoms with Gasteiger partial charge in [0.05, 0.1) is 31.1 Å². The van der Waals surface area contributed by atoms with Gasteiger partial charge in [0.25, 0.3) is 0 Å². The molecule has 1 saturated heterocycles. The SMILES string of the molecule is CC(C)c1ccc(C23CCC(CN(c4nccc(-c5cnn(C(C)C)c5)n4)C(=O)[C@H]4CC[C@H](OC(=O)N5CC(O)C5)CC4)(CC2)CC3)cc1. The van der Waals surface area contributed by atoms with Crippen molar-refractivity contribution in [2.24, 2.45) is 11.3 Å². The number of benzene rings is 1. The van der Waals surface area contributed by atoms with Gasteiger partial charge in [-0.1, -0.05) is 38.1 Å². The van der Waals surface area contributed by atoms with Crippen LogP contribution in [-0.2, 0) is 14.9 Å². The molecule has 8 rings (SSSR count). The highest BCUT2D eigenvalue weighted by molar-refractivity contribution is 5.93. The smallest absolute Gasteiger partial charge is 0.410 e. The van der Waals surface area contributed by atoms with Gasteiger partial charge < -0.3 is 14.7 Å². The fourth-order valence-electron chi connectivity index (χ4n) is 8.60. The van der Waals surface area contributed by atoms with Crippen LogP contribution in [-0.4, -0.2) is 73.6 Å². The summed E-state index contributed by atoms with van der Waals surface area (Å²) >= 11 is 0. The van der Waals surface area contributed by atoms with Gasteiger partial charge in [-0.15, -0.1) is 0 Å². The number of aliphatic hydroxyl groups is 1. The van der Waals surface area contributed by atoms with Crippen LogP contribution >= 0.6 is 0 Å². The molecule has 10 nitrogen and oxygen atoms in total. The van der Waals surface area contributed by atoms with Crippen LogP contribution in [0.15, 0.2) is 48.9 Å². The lowest BCUT2D eigenvalue weighted by atomic mass is 9.51. The number of carbonyl (C=O) groups is 2. The highest BCUT2D eigenvalue weighted by Gasteiger charge is 2.51. The van der Waals surface area contributed by atoms with Gasteiger partial charge in [0.2, 0.25) is 11.9 Å². The number of amides is 2. The molecule has 0 radical (unpaired) electrons. The van der Waals surface area contributed by atoms with E-state index in [0.29, 0.717) is 57.2 Å². The van der Waals surface area contributed by atoms with Crippen LogP contribution in [0.25, 0.3) is 11.3 Å². The molecular weight excluding hydrogens is 616 g/mol. The zero-order chi connectivity index (χ0) is 34.3. The lowest BCUT2D eigenvalue weighted by molar-refractivity contribution is -0.125. The van der Waals surface area contributed by atoms with E-state index in [-0.39, 0.29) is 40.9 Å². The van der Waals surface area contributed by atoms with E-state index in [1.54, 1.807) is 6.20 Å². The summed E-state index contributed by atoms with van der Waals surface area (Å²) in [6.07, 6.45) is 13.8. The fourth-order valence-corrected chi connectivity index (χ4v) is 8.60. The van der Waals surface area contributed by atoms with Crippen LogP contribution < -0.4 is 4.90 Å². The first-order chi connectivity index (χ1) is 23.5. The first-order valence-corrected chi connectivity index (χ1v) is 18.5. The van der Waals surface area contributed by atoms with Crippen LogP contribution in [0.2, 0.25) is 0 Å². The molecule has 0 unspecified atom stereocenters. The molecule has 1 aromatic carbocycles. The molecule has 10 heteroatoms. The highest BCUT2D eigenvalue weighted by atomic mass is 16.6. The summed E-state index contributed by atoms with van der Waals surface area (Å²) in [6, 6.07) is 11.5. The molecule has 3 aromatic rings. The molecule has 0 spiro atoms. The van der Waals surface area contributed by atoms with Crippen molar-refractivity contribution in [1.82, 2.24) is 24.6 Å². The van der Waals surface area contributed by atoms with Gasteiger partial charge in [-0.25, -0.2) is 14.8 Å². The molecule has 0 atom stereocenters. The standard InChI is InChI=1S/C39H52N6O4/c1-26(2)28-5-9-31(10-6-28)39-17-14-38(15-18-39,16-19-39)25-44(36-40-20-13-34(42-36)30-21-41-45(22-30)27(3)4)35(47)29-7-11-33(12-8-29)49-37(48)43-23-32(46)24-43/h5-6,9-10,13,20-22,26-27,29,32-33,46H,7-8,11-12,14-19,23-25H2,1-4H3/t29-,33-,38?,39?. The molecule has 2 amide bonds. The molecule has 262 valence electrons. The van der Waals surface area contributed by atoms with Crippen molar-refractivity contribution < 1.29 is 19.4 Å². The van der Waals surface area contributed by atoms with E-state index in [0.717, 1.165) is 49.8 Å². The number of likely N-dealkylation sites (tertiary alicyclic amines) is 1. The van der Waals surface area contributed by atoms with Gasteiger partial charge in [0.15, 0.2) is 0 Å². The van der Waals surface area contributed by atoms with Gasteiger partial charge in [-0.3, -0.25) is 14.4 Å². The molecular formula is C39H52N6O4. The maximum absolute atomic E-state index is 14.6. The number of anilines is 1. The Labute approximate surface area is 290 Å². The summed E-state index contributed by atoms with van der Waals surface area (Å²) in [5.41, 5.74) is 4.78. The predicted molar refractivity (Wildman–Crippen MR) is 188 cm³/mol. The van der Waals surface area contributed by atoms with E-state index in [1.165, 1.54) is 16.0 Å². The number of rotatable bonds is 9. The van der Waals surface area contributed by atoms with Crippen molar-refractivity contribution in [3.63, 3.8) is 0 Å². The van der Waals surface area contributed by atoms with Crippen LogP contribution in [0.1, 0.15) is 115 Å². The van der Waals surface area contributed by atoms with E-state index >= 15 is 0 Å². The first kappa shape index (κ1) is 33.7. The van der Waals surface area contributed by atoms with Crippen molar-refractivity contribution in [3.05, 3.63) is 60.0 Å². The minimum Gasteiger partial charge on any atom is -0.446 e. The zero-order valence-corrected chi connectivity index (χ0v) is 29.6. The Balaban J connectivity index is 1.09. The Morgan fingerprint density at radius 3 is 2.22 bits per heavy atom. The van der Waals surface area contributed by atoms with Crippen LogP contribution in [0.5, 0.6) is 0 Å². The van der Waals surface area contributed by atoms with Crippen molar-refractivity contribution in [2.45, 2.75) is 121 Å². The number of β-amino-alcohol motifs (C(OH)–C–C–N with tert-alkyl or cyclic N) is 1. The van der Waals surface area contributed by atoms with E-state index < -0.39 is 6.10 Å². The summed E-state index contributed by atoms with van der Waals surface area (Å²) < 4.78 is 7.66. The number of ether oxygens (including phenoxy) is 1. The molecule has 4 aliphatic carbocycles. The molecule has 5 aliphatic rings. The number of aromatic nitrogens is 4. The summed E-state index contributed by atoms with van der Waals surface area (Å²) in [4.78, 5) is 40.2. The number of aliphatic hydroxyl groups excluding tert-OH is 1. The Morgan fingerprint density at radius 1 is 0.959 bits per heavy atom. The van der Waals surface area contributed by atoms with Crippen LogP contribution in [0.3, 0.4) is 0 Å². The largest absolute Gasteiger partial charge is 0.446 e. The number of nitrogens with zero attached hydrogens (tertiary/aromatic N) is 6. The van der Waals surface area contributed by atoms with Crippen LogP contribution in [0, 0.1) is 11.3 Å². The lowest BCUT2D eigenvalue weighted by Crippen LogP contribution is -2.54. The molecule has 2 bridgehead atoms. The third-order valence-corrected chi connectivity index (χ3v) is 12.1. The second-order valence-electron chi connectivity index (χ2n) is 15.9. The Hall–Kier alpha value is -3.79. The lowest BCUT2D eigenvalue weighted by Gasteiger charge is -2.55. The van der Waals surface area contributed by atoms with Gasteiger partial charge in [-0.2, -0.15) is 5.10 Å². The quantitative estimate of drug-likeness (QED) is 0.260. The van der Waals surface area contributed by atoms with Crippen molar-refractivity contribution in [1.29, 1.82) is 0 Å². The third kappa shape index (κ3) is 6.85. The fraction of sp³-hybridized carbons (Fsp3) is 0.615. The molecule has 1 aliphatic heterocycles. The molecule has 3 heterocycles. The topological polar surface area (TPSA) is 114 Å². The predicted octanol–water partition coefficient (Wildman–Crippen LogP) is 7.04. The zero-order valence-electron chi connectivity index (χ0n) is 29.6. The van der Waals surface area contributed by atoms with E-state index in [2.05, 4.69) is 57.1 Å². The van der Waals surface area contributed by atoms with Gasteiger partial charge in [0, 0.05) is 36.5 Å². The molecule has 49 heavy (non-hydrogen) atoms.